The average Bonchev–Trinajstić information content (AvgIpc) is 3.81. The van der Waals surface area contributed by atoms with Gasteiger partial charge in [0.2, 0.25) is 5.91 Å². The van der Waals surface area contributed by atoms with Gasteiger partial charge in [-0.3, -0.25) is 22.9 Å². The molecule has 4 heterocycles. The van der Waals surface area contributed by atoms with Crippen molar-refractivity contribution in [1.29, 1.82) is 0 Å². The van der Waals surface area contributed by atoms with Gasteiger partial charge < -0.3 is 70.3 Å². The Morgan fingerprint density at radius 3 is 2.38 bits per heavy atom. The molecule has 27 heteroatoms. The lowest BCUT2D eigenvalue weighted by molar-refractivity contribution is -0.121. The maximum absolute atomic E-state index is 12.7. The number of rotatable bonds is 29. The molecule has 3 aliphatic heterocycles. The van der Waals surface area contributed by atoms with E-state index in [2.05, 4.69) is 25.5 Å². The molecule has 5 unspecified atom stereocenters. The van der Waals surface area contributed by atoms with Gasteiger partial charge in [0.1, 0.15) is 30.2 Å². The molecule has 9 atom stereocenters. The maximum Gasteiger partial charge on any atom is 0.472 e. The van der Waals surface area contributed by atoms with Gasteiger partial charge in [-0.2, -0.15) is 16.7 Å². The zero-order valence-electron chi connectivity index (χ0n) is 31.6. The largest absolute Gasteiger partial charge is 0.472 e. The Balaban J connectivity index is 0.957. The third-order valence-electron chi connectivity index (χ3n) is 8.82. The number of nitrogens with two attached hydrogens (primary N) is 1. The van der Waals surface area contributed by atoms with Crippen molar-refractivity contribution in [2.24, 2.45) is 0 Å². The predicted molar refractivity (Wildman–Crippen MR) is 202 cm³/mol. The van der Waals surface area contributed by atoms with Crippen molar-refractivity contribution in [1.82, 2.24) is 25.5 Å². The van der Waals surface area contributed by atoms with Gasteiger partial charge in [0, 0.05) is 36.8 Å². The fraction of sp³-hybridized carbons (Fsp3) is 0.806. The Kier molecular flexibility index (Phi) is 20.2. The molecule has 4 rings (SSSR count). The number of nitrogen functional groups attached to an aromatic ring is 1. The van der Waals surface area contributed by atoms with Gasteiger partial charge in [-0.15, -0.1) is 0 Å². The normalized spacial score (nSPS) is 25.9. The first kappa shape index (κ1) is 48.4. The summed E-state index contributed by atoms with van der Waals surface area (Å²) in [6, 6.07) is 1.51. The number of aromatic nitrogens is 2. The standard InChI is InChI=1S/C31H54N6O18P2S/c32-24-6-8-37(31(42)35-24)29-27(40)28(22(54-29)18-52-56(43,44)45)55-57(46,47)53-17-20(38)16-51-15-14-50-13-12-49-11-10-48-9-3-7-33-25(39)5-2-1-4-23-26-21(19-58-23)34-30(41)36-26/h6,8,20-23,26-29,38,40H,1-5,7,9-19H2,(H,33,39)(H,46,47)(H2,32,35,42)(H2,34,36,41)(H2,43,44,45)/t20?,21?,22-,23?,26?,27-,28-,29-/m1/s1. The number of phosphoric acid groups is 2. The summed E-state index contributed by atoms with van der Waals surface area (Å²) in [4.78, 5) is 67.8. The number of phosphoric ester groups is 2. The van der Waals surface area contributed by atoms with Crippen molar-refractivity contribution in [3.63, 3.8) is 0 Å². The second-order valence-corrected chi connectivity index (χ2v) is 17.3. The van der Waals surface area contributed by atoms with Crippen molar-refractivity contribution in [2.45, 2.75) is 80.1 Å². The molecular formula is C31H54N6O18P2S. The minimum atomic E-state index is -5.06. The predicted octanol–water partition coefficient (Wildman–Crippen LogP) is -1.65. The molecule has 24 nitrogen and oxygen atoms in total. The van der Waals surface area contributed by atoms with Crippen molar-refractivity contribution in [3.8, 4) is 0 Å². The summed E-state index contributed by atoms with van der Waals surface area (Å²) in [5.41, 5.74) is 4.51. The van der Waals surface area contributed by atoms with Crippen LogP contribution in [0.5, 0.6) is 0 Å². The lowest BCUT2D eigenvalue weighted by atomic mass is 10.0. The number of fused-ring (bicyclic) bond motifs is 1. The number of hydrogen-bond acceptors (Lipinski definition) is 18. The molecule has 0 spiro atoms. The number of carbonyl (C=O) groups is 2. The minimum absolute atomic E-state index is 0.0159. The Bertz CT molecular complexity index is 1600. The van der Waals surface area contributed by atoms with Gasteiger partial charge in [0.15, 0.2) is 6.23 Å². The lowest BCUT2D eigenvalue weighted by Crippen LogP contribution is -2.38. The maximum atomic E-state index is 12.7. The van der Waals surface area contributed by atoms with Crippen molar-refractivity contribution in [2.75, 3.05) is 84.1 Å². The summed E-state index contributed by atoms with van der Waals surface area (Å²) in [5.74, 6) is 0.802. The van der Waals surface area contributed by atoms with Crippen LogP contribution in [0.2, 0.25) is 0 Å². The zero-order valence-corrected chi connectivity index (χ0v) is 34.2. The molecule has 10 N–H and O–H groups in total. The molecule has 3 amide bonds. The van der Waals surface area contributed by atoms with E-state index in [1.165, 1.54) is 6.07 Å². The highest BCUT2D eigenvalue weighted by molar-refractivity contribution is 8.00. The molecule has 0 saturated carbocycles. The van der Waals surface area contributed by atoms with E-state index in [9.17, 15) is 38.6 Å². The quantitative estimate of drug-likeness (QED) is 0.0247. The van der Waals surface area contributed by atoms with Gasteiger partial charge in [0.25, 0.3) is 0 Å². The van der Waals surface area contributed by atoms with E-state index in [4.69, 9.17) is 48.3 Å². The van der Waals surface area contributed by atoms with Crippen LogP contribution in [0.3, 0.4) is 0 Å². The number of amides is 3. The zero-order chi connectivity index (χ0) is 42.1. The number of aliphatic hydroxyl groups is 2. The van der Waals surface area contributed by atoms with Crippen LogP contribution in [-0.4, -0.2) is 166 Å². The van der Waals surface area contributed by atoms with Crippen molar-refractivity contribution in [3.05, 3.63) is 22.7 Å². The second-order valence-electron chi connectivity index (χ2n) is 13.4. The summed E-state index contributed by atoms with van der Waals surface area (Å²) in [7, 11) is -10.1. The number of hydrogen-bond donors (Lipinski definition) is 9. The number of aliphatic hydroxyl groups excluding tert-OH is 2. The van der Waals surface area contributed by atoms with E-state index in [-0.39, 0.29) is 56.3 Å². The Morgan fingerprint density at radius 1 is 1.00 bits per heavy atom. The van der Waals surface area contributed by atoms with Gasteiger partial charge in [-0.05, 0) is 25.3 Å². The van der Waals surface area contributed by atoms with E-state index >= 15 is 0 Å². The molecular weight excluding hydrogens is 838 g/mol. The summed E-state index contributed by atoms with van der Waals surface area (Å²) < 4.78 is 66.0. The minimum Gasteiger partial charge on any atom is -0.388 e. The molecule has 0 aromatic carbocycles. The van der Waals surface area contributed by atoms with E-state index in [1.54, 1.807) is 0 Å². The molecule has 1 aromatic heterocycles. The highest BCUT2D eigenvalue weighted by atomic mass is 32.2. The second kappa shape index (κ2) is 24.2. The van der Waals surface area contributed by atoms with Crippen LogP contribution >= 0.6 is 27.4 Å². The molecule has 3 fully saturated rings. The van der Waals surface area contributed by atoms with Crippen LogP contribution in [0.15, 0.2) is 17.1 Å². The molecule has 3 saturated heterocycles. The monoisotopic (exact) mass is 892 g/mol. The Hall–Kier alpha value is -2.29. The van der Waals surface area contributed by atoms with E-state index < -0.39 is 65.2 Å². The molecule has 0 radical (unpaired) electrons. The number of ether oxygens (including phenoxy) is 5. The van der Waals surface area contributed by atoms with Crippen LogP contribution in [-0.2, 0) is 51.2 Å². The molecule has 3 aliphatic rings. The van der Waals surface area contributed by atoms with Gasteiger partial charge >= 0.3 is 27.4 Å². The SMILES string of the molecule is Nc1ccn([C@@H]2O[C@H](COP(=O)(O)O)[C@@H](OP(=O)(O)OCC(O)COCCOCCOCCOCCCNC(=O)CCCCC3SCC4NC(=O)NC43)[C@H]2O)c(=O)n1. The fourth-order valence-corrected chi connectivity index (χ4v) is 8.93. The highest BCUT2D eigenvalue weighted by Crippen LogP contribution is 2.49. The van der Waals surface area contributed by atoms with Crippen LogP contribution in [0.25, 0.3) is 0 Å². The van der Waals surface area contributed by atoms with Crippen LogP contribution in [0.1, 0.15) is 38.3 Å². The molecule has 0 bridgehead atoms. The smallest absolute Gasteiger partial charge is 0.388 e. The lowest BCUT2D eigenvalue weighted by Gasteiger charge is -2.23. The number of anilines is 1. The third kappa shape index (κ3) is 17.0. The molecule has 58 heavy (non-hydrogen) atoms. The third-order valence-corrected chi connectivity index (χ3v) is 11.8. The average molecular weight is 893 g/mol. The summed E-state index contributed by atoms with van der Waals surface area (Å²) in [6.07, 6.45) is -3.24. The van der Waals surface area contributed by atoms with E-state index in [1.807, 2.05) is 11.8 Å². The first-order valence-electron chi connectivity index (χ1n) is 18.6. The van der Waals surface area contributed by atoms with Gasteiger partial charge in [-0.1, -0.05) is 6.42 Å². The van der Waals surface area contributed by atoms with Crippen LogP contribution in [0, 0.1) is 0 Å². The number of urea groups is 1. The number of nitrogens with zero attached hydrogens (tertiary/aromatic N) is 2. The first-order chi connectivity index (χ1) is 27.6. The summed E-state index contributed by atoms with van der Waals surface area (Å²) in [6.45, 7) is 0.535. The van der Waals surface area contributed by atoms with Crippen LogP contribution in [0.4, 0.5) is 10.6 Å². The van der Waals surface area contributed by atoms with E-state index in [0.717, 1.165) is 35.8 Å². The molecule has 0 aliphatic carbocycles. The number of carbonyl (C=O) groups excluding carboxylic acids is 2. The van der Waals surface area contributed by atoms with Gasteiger partial charge in [0.05, 0.1) is 71.5 Å². The summed E-state index contributed by atoms with van der Waals surface area (Å²) >= 11 is 1.87. The Labute approximate surface area is 337 Å². The van der Waals surface area contributed by atoms with Crippen molar-refractivity contribution < 1.29 is 80.9 Å². The van der Waals surface area contributed by atoms with E-state index in [0.29, 0.717) is 51.1 Å². The van der Waals surface area contributed by atoms with Crippen LogP contribution < -0.4 is 27.4 Å². The van der Waals surface area contributed by atoms with Gasteiger partial charge in [-0.25, -0.2) is 18.7 Å². The number of thioether (sulfide) groups is 1. The molecule has 332 valence electrons. The summed E-state index contributed by atoms with van der Waals surface area (Å²) in [5, 5.41) is 30.1. The Morgan fingerprint density at radius 2 is 1.69 bits per heavy atom. The number of unbranched alkanes of at least 4 members (excludes halogenated alkanes) is 1. The first-order valence-corrected chi connectivity index (χ1v) is 22.7. The highest BCUT2D eigenvalue weighted by Gasteiger charge is 2.50. The van der Waals surface area contributed by atoms with Crippen molar-refractivity contribution >= 4 is 45.2 Å². The fourth-order valence-electron chi connectivity index (χ4n) is 6.06. The topological polar surface area (TPSA) is 340 Å². The molecule has 1 aromatic rings. The number of nitrogens with one attached hydrogen (secondary N) is 3.